The Balaban J connectivity index is 1.91. The lowest BCUT2D eigenvalue weighted by Gasteiger charge is -2.16. The van der Waals surface area contributed by atoms with Crippen LogP contribution in [0.4, 0.5) is 5.69 Å². The van der Waals surface area contributed by atoms with E-state index in [9.17, 15) is 14.4 Å². The monoisotopic (exact) mass is 443 g/mol. The maximum Gasteiger partial charge on any atom is 0.348 e. The molecule has 0 saturated heterocycles. The Kier molecular flexibility index (Phi) is 6.74. The summed E-state index contributed by atoms with van der Waals surface area (Å²) in [5, 5.41) is 3.10. The third-order valence-electron chi connectivity index (χ3n) is 4.77. The zero-order valence-corrected chi connectivity index (χ0v) is 18.9. The number of carbonyl (C=O) groups excluding carboxylic acids is 2. The van der Waals surface area contributed by atoms with Crippen LogP contribution in [0.5, 0.6) is 5.75 Å². The van der Waals surface area contributed by atoms with Crippen LogP contribution in [0.25, 0.3) is 10.2 Å². The van der Waals surface area contributed by atoms with Crippen LogP contribution in [0.3, 0.4) is 0 Å². The zero-order chi connectivity index (χ0) is 22.7. The smallest absolute Gasteiger partial charge is 0.348 e. The Labute approximate surface area is 183 Å². The van der Waals surface area contributed by atoms with Crippen LogP contribution in [0.2, 0.25) is 0 Å². The Hall–Kier alpha value is -3.20. The fourth-order valence-electron chi connectivity index (χ4n) is 3.03. The molecule has 3 rings (SSSR count). The van der Waals surface area contributed by atoms with Crippen LogP contribution >= 0.6 is 11.3 Å². The number of thiophene rings is 1. The Bertz CT molecular complexity index is 1180. The molecule has 0 fully saturated rings. The fraction of sp³-hybridized carbons (Fsp3) is 0.364. The van der Waals surface area contributed by atoms with Crippen molar-refractivity contribution in [1.29, 1.82) is 0 Å². The van der Waals surface area contributed by atoms with Crippen molar-refractivity contribution in [3.63, 3.8) is 0 Å². The van der Waals surface area contributed by atoms with Crippen molar-refractivity contribution in [2.75, 3.05) is 19.0 Å². The Morgan fingerprint density at radius 1 is 1.23 bits per heavy atom. The maximum absolute atomic E-state index is 13.1. The summed E-state index contributed by atoms with van der Waals surface area (Å²) < 4.78 is 11.8. The van der Waals surface area contributed by atoms with E-state index in [-0.39, 0.29) is 11.5 Å². The predicted octanol–water partition coefficient (Wildman–Crippen LogP) is 3.79. The second-order valence-electron chi connectivity index (χ2n) is 7.55. The number of ether oxygens (including phenoxy) is 2. The molecule has 0 aliphatic heterocycles. The highest BCUT2D eigenvalue weighted by Crippen LogP contribution is 2.28. The molecule has 164 valence electrons. The average molecular weight is 444 g/mol. The van der Waals surface area contributed by atoms with Gasteiger partial charge in [-0.05, 0) is 37.5 Å². The van der Waals surface area contributed by atoms with Crippen molar-refractivity contribution in [2.45, 2.75) is 33.7 Å². The number of esters is 1. The lowest BCUT2D eigenvalue weighted by Crippen LogP contribution is -2.31. The van der Waals surface area contributed by atoms with Crippen molar-refractivity contribution in [1.82, 2.24) is 9.55 Å². The number of amides is 1. The second-order valence-corrected chi connectivity index (χ2v) is 8.55. The van der Waals surface area contributed by atoms with Crippen LogP contribution in [0, 0.1) is 12.8 Å². The third kappa shape index (κ3) is 4.61. The van der Waals surface area contributed by atoms with Gasteiger partial charge in [0, 0.05) is 0 Å². The minimum Gasteiger partial charge on any atom is -0.495 e. The lowest BCUT2D eigenvalue weighted by molar-refractivity contribution is -0.118. The molecule has 0 saturated carbocycles. The molecule has 2 heterocycles. The molecule has 1 atom stereocenters. The summed E-state index contributed by atoms with van der Waals surface area (Å²) in [7, 11) is 1.51. The molecule has 0 radical (unpaired) electrons. The molecule has 1 unspecified atom stereocenters. The first-order chi connectivity index (χ1) is 14.7. The van der Waals surface area contributed by atoms with Gasteiger partial charge in [-0.3, -0.25) is 14.2 Å². The topological polar surface area (TPSA) is 99.5 Å². The molecule has 31 heavy (non-hydrogen) atoms. The molecule has 8 nitrogen and oxygen atoms in total. The summed E-state index contributed by atoms with van der Waals surface area (Å²) in [6.07, 6.45) is 1.33. The number of rotatable bonds is 7. The van der Waals surface area contributed by atoms with Crippen LogP contribution in [0.15, 0.2) is 35.4 Å². The van der Waals surface area contributed by atoms with E-state index in [1.807, 2.05) is 13.8 Å². The number of hydrogen-bond acceptors (Lipinski definition) is 7. The molecule has 9 heteroatoms. The van der Waals surface area contributed by atoms with Gasteiger partial charge in [0.05, 0.1) is 31.1 Å². The number of benzene rings is 1. The lowest BCUT2D eigenvalue weighted by atomic mass is 10.2. The standard InChI is InChI=1S/C22H25N3O5S/c1-12(2)10-30-22(28)18-13(3)17-20(31-18)23-11-25(21(17)27)14(4)19(26)24-15-8-6-7-9-16(15)29-5/h6-9,11-12,14H,10H2,1-5H3,(H,24,26). The minimum absolute atomic E-state index is 0.205. The van der Waals surface area contributed by atoms with Gasteiger partial charge in [-0.1, -0.05) is 26.0 Å². The van der Waals surface area contributed by atoms with E-state index < -0.39 is 17.9 Å². The van der Waals surface area contributed by atoms with Gasteiger partial charge in [0.15, 0.2) is 0 Å². The number of hydrogen-bond donors (Lipinski definition) is 1. The molecule has 0 bridgehead atoms. The molecular weight excluding hydrogens is 418 g/mol. The SMILES string of the molecule is COc1ccccc1NC(=O)C(C)n1cnc2sc(C(=O)OCC(C)C)c(C)c2c1=O. The molecular formula is C22H25N3O5S. The average Bonchev–Trinajstić information content (AvgIpc) is 3.09. The highest BCUT2D eigenvalue weighted by Gasteiger charge is 2.24. The number of anilines is 1. The van der Waals surface area contributed by atoms with Gasteiger partial charge in [0.2, 0.25) is 5.91 Å². The first-order valence-corrected chi connectivity index (χ1v) is 10.7. The molecule has 1 amide bonds. The van der Waals surface area contributed by atoms with E-state index >= 15 is 0 Å². The van der Waals surface area contributed by atoms with Crippen LogP contribution in [0.1, 0.15) is 42.0 Å². The van der Waals surface area contributed by atoms with Gasteiger partial charge in [-0.15, -0.1) is 11.3 Å². The summed E-state index contributed by atoms with van der Waals surface area (Å²) >= 11 is 1.12. The largest absolute Gasteiger partial charge is 0.495 e. The van der Waals surface area contributed by atoms with E-state index in [1.54, 1.807) is 38.1 Å². The van der Waals surface area contributed by atoms with Crippen LogP contribution in [-0.4, -0.2) is 35.1 Å². The summed E-state index contributed by atoms with van der Waals surface area (Å²) in [5.74, 6) is -0.141. The van der Waals surface area contributed by atoms with Gasteiger partial charge in [-0.25, -0.2) is 9.78 Å². The molecule has 0 aliphatic rings. The highest BCUT2D eigenvalue weighted by atomic mass is 32.1. The van der Waals surface area contributed by atoms with Crippen molar-refractivity contribution < 1.29 is 19.1 Å². The third-order valence-corrected chi connectivity index (χ3v) is 5.95. The van der Waals surface area contributed by atoms with Gasteiger partial charge in [-0.2, -0.15) is 0 Å². The quantitative estimate of drug-likeness (QED) is 0.558. The van der Waals surface area contributed by atoms with Gasteiger partial charge in [0.1, 0.15) is 21.5 Å². The summed E-state index contributed by atoms with van der Waals surface area (Å²) in [5.41, 5.74) is 0.633. The number of aromatic nitrogens is 2. The summed E-state index contributed by atoms with van der Waals surface area (Å²) in [6.45, 7) is 7.49. The fourth-order valence-corrected chi connectivity index (χ4v) is 4.06. The molecule has 0 aliphatic carbocycles. The van der Waals surface area contributed by atoms with Gasteiger partial charge < -0.3 is 14.8 Å². The van der Waals surface area contributed by atoms with Crippen molar-refractivity contribution in [2.24, 2.45) is 5.92 Å². The number of methoxy groups -OCH3 is 1. The van der Waals surface area contributed by atoms with Crippen molar-refractivity contribution in [3.05, 3.63) is 51.4 Å². The van der Waals surface area contributed by atoms with Gasteiger partial charge in [0.25, 0.3) is 5.56 Å². The van der Waals surface area contributed by atoms with Crippen LogP contribution < -0.4 is 15.6 Å². The first-order valence-electron chi connectivity index (χ1n) is 9.85. The van der Waals surface area contributed by atoms with Crippen molar-refractivity contribution in [3.8, 4) is 5.75 Å². The van der Waals surface area contributed by atoms with E-state index in [0.717, 1.165) is 11.3 Å². The first kappa shape index (κ1) is 22.5. The zero-order valence-electron chi connectivity index (χ0n) is 18.1. The molecule has 2 aromatic heterocycles. The molecule has 1 N–H and O–H groups in total. The maximum atomic E-state index is 13.1. The molecule has 1 aromatic carbocycles. The molecule has 3 aromatic rings. The summed E-state index contributed by atoms with van der Waals surface area (Å²) in [6, 6.07) is 6.19. The minimum atomic E-state index is -0.829. The van der Waals surface area contributed by atoms with Crippen LogP contribution in [-0.2, 0) is 9.53 Å². The van der Waals surface area contributed by atoms with E-state index in [2.05, 4.69) is 10.3 Å². The summed E-state index contributed by atoms with van der Waals surface area (Å²) in [4.78, 5) is 43.5. The van der Waals surface area contributed by atoms with Gasteiger partial charge >= 0.3 is 5.97 Å². The normalized spacial score (nSPS) is 12.1. The highest BCUT2D eigenvalue weighted by molar-refractivity contribution is 7.20. The number of para-hydroxylation sites is 2. The number of nitrogens with zero attached hydrogens (tertiary/aromatic N) is 2. The number of carbonyl (C=O) groups is 2. The Morgan fingerprint density at radius 3 is 2.61 bits per heavy atom. The number of aryl methyl sites for hydroxylation is 1. The van der Waals surface area contributed by atoms with E-state index in [4.69, 9.17) is 9.47 Å². The van der Waals surface area contributed by atoms with E-state index in [0.29, 0.717) is 38.7 Å². The predicted molar refractivity (Wildman–Crippen MR) is 120 cm³/mol. The molecule has 0 spiro atoms. The second kappa shape index (κ2) is 9.30. The van der Waals surface area contributed by atoms with E-state index in [1.165, 1.54) is 18.0 Å². The number of nitrogens with one attached hydrogen (secondary N) is 1. The Morgan fingerprint density at radius 2 is 1.94 bits per heavy atom. The number of fused-ring (bicyclic) bond motifs is 1. The van der Waals surface area contributed by atoms with Crippen molar-refractivity contribution >= 4 is 39.1 Å².